The number of halogens is 2. The monoisotopic (exact) mass is 268 g/mol. The summed E-state index contributed by atoms with van der Waals surface area (Å²) < 4.78 is 27.0. The van der Waals surface area contributed by atoms with Crippen LogP contribution in [0, 0.1) is 11.6 Å². The molecule has 2 aromatic rings. The highest BCUT2D eigenvalue weighted by atomic mass is 32.1. The van der Waals surface area contributed by atoms with Crippen LogP contribution in [-0.4, -0.2) is 11.5 Å². The van der Waals surface area contributed by atoms with Crippen LogP contribution in [0.5, 0.6) is 0 Å². The standard InChI is InChI=1S/C13H14F2N2S/c1-2-16-12(8-13-17-5-6-18-13)10-7-9(14)3-4-11(10)15/h3-7,12,16H,2,8H2,1H3. The predicted octanol–water partition coefficient (Wildman–Crippen LogP) is 3.31. The average molecular weight is 268 g/mol. The van der Waals surface area contributed by atoms with Crippen molar-refractivity contribution in [3.05, 3.63) is 52.0 Å². The Labute approximate surface area is 109 Å². The van der Waals surface area contributed by atoms with Gasteiger partial charge < -0.3 is 5.32 Å². The molecule has 5 heteroatoms. The molecular weight excluding hydrogens is 254 g/mol. The number of hydrogen-bond acceptors (Lipinski definition) is 3. The predicted molar refractivity (Wildman–Crippen MR) is 68.6 cm³/mol. The van der Waals surface area contributed by atoms with Gasteiger partial charge in [0, 0.05) is 29.6 Å². The van der Waals surface area contributed by atoms with Gasteiger partial charge in [0.1, 0.15) is 11.6 Å². The first-order valence-corrected chi connectivity index (χ1v) is 6.65. The molecule has 1 atom stereocenters. The Morgan fingerprint density at radius 3 is 2.89 bits per heavy atom. The van der Waals surface area contributed by atoms with Gasteiger partial charge in [0.2, 0.25) is 0 Å². The van der Waals surface area contributed by atoms with Crippen LogP contribution < -0.4 is 5.32 Å². The van der Waals surface area contributed by atoms with Gasteiger partial charge >= 0.3 is 0 Å². The number of benzene rings is 1. The van der Waals surface area contributed by atoms with E-state index < -0.39 is 5.82 Å². The molecule has 2 nitrogen and oxygen atoms in total. The normalized spacial score (nSPS) is 12.6. The van der Waals surface area contributed by atoms with Crippen molar-refractivity contribution >= 4 is 11.3 Å². The fraction of sp³-hybridized carbons (Fsp3) is 0.308. The number of nitrogens with one attached hydrogen (secondary N) is 1. The highest BCUT2D eigenvalue weighted by Crippen LogP contribution is 2.23. The van der Waals surface area contributed by atoms with Gasteiger partial charge in [-0.15, -0.1) is 11.3 Å². The van der Waals surface area contributed by atoms with Crippen LogP contribution in [0.15, 0.2) is 29.8 Å². The fourth-order valence-corrected chi connectivity index (χ4v) is 2.51. The molecule has 0 spiro atoms. The van der Waals surface area contributed by atoms with Gasteiger partial charge in [0.25, 0.3) is 0 Å². The smallest absolute Gasteiger partial charge is 0.128 e. The SMILES string of the molecule is CCNC(Cc1nccs1)c1cc(F)ccc1F. The van der Waals surface area contributed by atoms with E-state index in [9.17, 15) is 8.78 Å². The van der Waals surface area contributed by atoms with Crippen molar-refractivity contribution in [2.75, 3.05) is 6.54 Å². The molecule has 1 aromatic carbocycles. The average Bonchev–Trinajstić information content (AvgIpc) is 2.85. The van der Waals surface area contributed by atoms with Crippen LogP contribution >= 0.6 is 11.3 Å². The molecule has 1 unspecified atom stereocenters. The van der Waals surface area contributed by atoms with Crippen LogP contribution in [0.3, 0.4) is 0 Å². The molecule has 96 valence electrons. The van der Waals surface area contributed by atoms with E-state index in [0.29, 0.717) is 18.5 Å². The van der Waals surface area contributed by atoms with Crippen LogP contribution in [0.25, 0.3) is 0 Å². The second-order valence-corrected chi connectivity index (χ2v) is 4.89. The minimum atomic E-state index is -0.423. The number of rotatable bonds is 5. The van der Waals surface area contributed by atoms with Crippen molar-refractivity contribution in [2.45, 2.75) is 19.4 Å². The van der Waals surface area contributed by atoms with Gasteiger partial charge in [0.05, 0.1) is 5.01 Å². The maximum Gasteiger partial charge on any atom is 0.128 e. The summed E-state index contributed by atoms with van der Waals surface area (Å²) in [6, 6.07) is 3.29. The van der Waals surface area contributed by atoms with Gasteiger partial charge in [-0.2, -0.15) is 0 Å². The molecule has 0 saturated carbocycles. The third-order valence-electron chi connectivity index (χ3n) is 2.65. The van der Waals surface area contributed by atoms with E-state index in [4.69, 9.17) is 0 Å². The molecule has 0 amide bonds. The highest BCUT2D eigenvalue weighted by Gasteiger charge is 2.17. The first-order chi connectivity index (χ1) is 8.70. The van der Waals surface area contributed by atoms with E-state index in [1.54, 1.807) is 6.20 Å². The van der Waals surface area contributed by atoms with Gasteiger partial charge in [-0.1, -0.05) is 6.92 Å². The number of likely N-dealkylation sites (N-methyl/N-ethyl adjacent to an activating group) is 1. The Morgan fingerprint density at radius 1 is 1.39 bits per heavy atom. The fourth-order valence-electron chi connectivity index (χ4n) is 1.85. The van der Waals surface area contributed by atoms with E-state index >= 15 is 0 Å². The third kappa shape index (κ3) is 3.11. The Bertz CT molecular complexity index is 500. The summed E-state index contributed by atoms with van der Waals surface area (Å²) in [7, 11) is 0. The second-order valence-electron chi connectivity index (χ2n) is 3.91. The first-order valence-electron chi connectivity index (χ1n) is 5.77. The Kier molecular flexibility index (Phi) is 4.38. The summed E-state index contributed by atoms with van der Waals surface area (Å²) in [6.07, 6.45) is 2.27. The molecule has 0 aliphatic rings. The maximum absolute atomic E-state index is 13.7. The zero-order valence-corrected chi connectivity index (χ0v) is 10.8. The molecule has 0 radical (unpaired) electrons. The van der Waals surface area contributed by atoms with Crippen LogP contribution in [-0.2, 0) is 6.42 Å². The molecule has 1 N–H and O–H groups in total. The van der Waals surface area contributed by atoms with Crippen molar-refractivity contribution in [2.24, 2.45) is 0 Å². The molecule has 0 fully saturated rings. The van der Waals surface area contributed by atoms with E-state index in [1.165, 1.54) is 17.4 Å². The van der Waals surface area contributed by atoms with Crippen molar-refractivity contribution in [1.82, 2.24) is 10.3 Å². The lowest BCUT2D eigenvalue weighted by molar-refractivity contribution is 0.501. The largest absolute Gasteiger partial charge is 0.310 e. The van der Waals surface area contributed by atoms with Crippen molar-refractivity contribution < 1.29 is 8.78 Å². The number of aromatic nitrogens is 1. The minimum Gasteiger partial charge on any atom is -0.310 e. The molecule has 0 aliphatic heterocycles. The summed E-state index contributed by atoms with van der Waals surface area (Å²) in [5, 5.41) is 5.95. The second kappa shape index (κ2) is 6.02. The van der Waals surface area contributed by atoms with E-state index in [0.717, 1.165) is 17.1 Å². The van der Waals surface area contributed by atoms with Gasteiger partial charge in [-0.3, -0.25) is 0 Å². The lowest BCUT2D eigenvalue weighted by Crippen LogP contribution is -2.24. The number of thiazole rings is 1. The van der Waals surface area contributed by atoms with E-state index in [1.807, 2.05) is 12.3 Å². The molecule has 0 bridgehead atoms. The van der Waals surface area contributed by atoms with Crippen LogP contribution in [0.2, 0.25) is 0 Å². The molecular formula is C13H14F2N2S. The summed E-state index contributed by atoms with van der Waals surface area (Å²) in [4.78, 5) is 4.18. The number of hydrogen-bond donors (Lipinski definition) is 1. The summed E-state index contributed by atoms with van der Waals surface area (Å²) in [6.45, 7) is 2.62. The highest BCUT2D eigenvalue weighted by molar-refractivity contribution is 7.09. The minimum absolute atomic E-state index is 0.253. The summed E-state index contributed by atoms with van der Waals surface area (Å²) >= 11 is 1.51. The zero-order valence-electron chi connectivity index (χ0n) is 9.99. The Morgan fingerprint density at radius 2 is 2.22 bits per heavy atom. The molecule has 1 heterocycles. The number of nitrogens with zero attached hydrogens (tertiary/aromatic N) is 1. The lowest BCUT2D eigenvalue weighted by Gasteiger charge is -2.18. The maximum atomic E-state index is 13.7. The third-order valence-corrected chi connectivity index (χ3v) is 3.45. The van der Waals surface area contributed by atoms with Gasteiger partial charge in [-0.05, 0) is 24.7 Å². The van der Waals surface area contributed by atoms with Crippen molar-refractivity contribution in [3.8, 4) is 0 Å². The van der Waals surface area contributed by atoms with Crippen molar-refractivity contribution in [1.29, 1.82) is 0 Å². The Hall–Kier alpha value is -1.33. The molecule has 0 aliphatic carbocycles. The van der Waals surface area contributed by atoms with E-state index in [2.05, 4.69) is 10.3 Å². The van der Waals surface area contributed by atoms with Crippen LogP contribution in [0.4, 0.5) is 8.78 Å². The first kappa shape index (κ1) is 13.1. The van der Waals surface area contributed by atoms with E-state index in [-0.39, 0.29) is 11.9 Å². The van der Waals surface area contributed by atoms with Gasteiger partial charge in [-0.25, -0.2) is 13.8 Å². The summed E-state index contributed by atoms with van der Waals surface area (Å²) in [5.41, 5.74) is 0.354. The van der Waals surface area contributed by atoms with Crippen LogP contribution in [0.1, 0.15) is 23.5 Å². The van der Waals surface area contributed by atoms with Crippen molar-refractivity contribution in [3.63, 3.8) is 0 Å². The summed E-state index contributed by atoms with van der Waals surface area (Å²) in [5.74, 6) is -0.813. The topological polar surface area (TPSA) is 24.9 Å². The zero-order chi connectivity index (χ0) is 13.0. The molecule has 0 saturated heterocycles. The Balaban J connectivity index is 2.26. The molecule has 2 rings (SSSR count). The quantitative estimate of drug-likeness (QED) is 0.900. The molecule has 18 heavy (non-hydrogen) atoms. The lowest BCUT2D eigenvalue weighted by atomic mass is 10.0. The van der Waals surface area contributed by atoms with Gasteiger partial charge in [0.15, 0.2) is 0 Å². The molecule has 1 aromatic heterocycles.